The summed E-state index contributed by atoms with van der Waals surface area (Å²) in [6.45, 7) is 4.78. The molecule has 1 aliphatic rings. The normalized spacial score (nSPS) is 16.8. The van der Waals surface area contributed by atoms with Crippen molar-refractivity contribution in [2.45, 2.75) is 25.2 Å². The van der Waals surface area contributed by atoms with Gasteiger partial charge in [-0.15, -0.1) is 0 Å². The lowest BCUT2D eigenvalue weighted by molar-refractivity contribution is -0.133. The Kier molecular flexibility index (Phi) is 5.36. The lowest BCUT2D eigenvalue weighted by Crippen LogP contribution is -2.50. The molecule has 2 rings (SSSR count). The third-order valence-corrected chi connectivity index (χ3v) is 5.60. The summed E-state index contributed by atoms with van der Waals surface area (Å²) < 4.78 is 52.3. The molecule has 0 bridgehead atoms. The second-order valence-corrected chi connectivity index (χ2v) is 7.90. The topological polar surface area (TPSA) is 57.7 Å². The molecular weight excluding hydrogens is 326 g/mol. The first-order chi connectivity index (χ1) is 10.7. The molecule has 0 aliphatic carbocycles. The van der Waals surface area contributed by atoms with E-state index in [1.165, 1.54) is 4.31 Å². The molecule has 0 spiro atoms. The summed E-state index contributed by atoms with van der Waals surface area (Å²) in [6.07, 6.45) is 0.427. The number of carbonyl (C=O) groups excluding carboxylic acids is 1. The number of hydrogen-bond acceptors (Lipinski definition) is 3. The zero-order valence-electron chi connectivity index (χ0n) is 13.1. The lowest BCUT2D eigenvalue weighted by atomic mass is 10.1. The number of halogens is 2. The van der Waals surface area contributed by atoms with Gasteiger partial charge in [0.25, 0.3) is 0 Å². The average Bonchev–Trinajstić information content (AvgIpc) is 2.49. The fourth-order valence-electron chi connectivity index (χ4n) is 2.44. The molecule has 0 N–H and O–H groups in total. The molecule has 23 heavy (non-hydrogen) atoms. The first-order valence-electron chi connectivity index (χ1n) is 7.45. The first kappa shape index (κ1) is 17.8. The molecule has 8 heteroatoms. The number of piperazine rings is 1. The summed E-state index contributed by atoms with van der Waals surface area (Å²) in [4.78, 5) is 13.3. The molecule has 0 atom stereocenters. The van der Waals surface area contributed by atoms with Gasteiger partial charge in [0.15, 0.2) is 11.6 Å². The Hall–Kier alpha value is -1.54. The van der Waals surface area contributed by atoms with Crippen LogP contribution < -0.4 is 0 Å². The minimum absolute atomic E-state index is 0.00451. The summed E-state index contributed by atoms with van der Waals surface area (Å²) in [6, 6.07) is 2.52. The number of sulfonamides is 1. The lowest BCUT2D eigenvalue weighted by Gasteiger charge is -2.34. The molecule has 1 saturated heterocycles. The Bertz CT molecular complexity index is 684. The molecular formula is C15H20F2N2O3S. The molecule has 0 aromatic heterocycles. The maximum Gasteiger partial charge on any atom is 0.243 e. The summed E-state index contributed by atoms with van der Waals surface area (Å²) in [5.74, 6) is -2.04. The maximum atomic E-state index is 13.3. The van der Waals surface area contributed by atoms with Gasteiger partial charge in [-0.1, -0.05) is 13.8 Å². The van der Waals surface area contributed by atoms with Crippen molar-refractivity contribution in [3.8, 4) is 0 Å². The number of benzene rings is 1. The van der Waals surface area contributed by atoms with Crippen molar-refractivity contribution in [2.24, 2.45) is 5.92 Å². The van der Waals surface area contributed by atoms with E-state index in [1.807, 2.05) is 13.8 Å². The third-order valence-electron chi connectivity index (χ3n) is 3.70. The van der Waals surface area contributed by atoms with Gasteiger partial charge in [-0.3, -0.25) is 4.79 Å². The Morgan fingerprint density at radius 3 is 2.26 bits per heavy atom. The highest BCUT2D eigenvalue weighted by molar-refractivity contribution is 7.89. The fraction of sp³-hybridized carbons (Fsp3) is 0.533. The smallest absolute Gasteiger partial charge is 0.243 e. The predicted molar refractivity (Wildman–Crippen MR) is 81.2 cm³/mol. The second-order valence-electron chi connectivity index (χ2n) is 5.96. The number of nitrogens with zero attached hydrogens (tertiary/aromatic N) is 2. The number of hydrogen-bond donors (Lipinski definition) is 0. The monoisotopic (exact) mass is 346 g/mol. The highest BCUT2D eigenvalue weighted by atomic mass is 32.2. The molecule has 1 aliphatic heterocycles. The van der Waals surface area contributed by atoms with E-state index in [0.717, 1.165) is 12.1 Å². The van der Waals surface area contributed by atoms with Gasteiger partial charge >= 0.3 is 0 Å². The van der Waals surface area contributed by atoms with E-state index in [-0.39, 0.29) is 29.8 Å². The van der Waals surface area contributed by atoms with Crippen molar-refractivity contribution in [2.75, 3.05) is 26.2 Å². The molecule has 1 heterocycles. The van der Waals surface area contributed by atoms with E-state index in [0.29, 0.717) is 25.6 Å². The molecule has 0 unspecified atom stereocenters. The van der Waals surface area contributed by atoms with E-state index in [4.69, 9.17) is 0 Å². The SMILES string of the molecule is CC(C)CC(=O)N1CCN(S(=O)(=O)c2ccc(F)c(F)c2)CC1. The van der Waals surface area contributed by atoms with Gasteiger partial charge in [-0.2, -0.15) is 4.31 Å². The quantitative estimate of drug-likeness (QED) is 0.836. The van der Waals surface area contributed by atoms with Crippen LogP contribution >= 0.6 is 0 Å². The summed E-state index contributed by atoms with van der Waals surface area (Å²) in [5.41, 5.74) is 0. The van der Waals surface area contributed by atoms with Crippen LogP contribution in [0.4, 0.5) is 8.78 Å². The Labute approximate surface area is 134 Å². The molecule has 0 radical (unpaired) electrons. The number of rotatable bonds is 4. The minimum Gasteiger partial charge on any atom is -0.340 e. The molecule has 0 saturated carbocycles. The molecule has 1 aromatic carbocycles. The van der Waals surface area contributed by atoms with Crippen molar-refractivity contribution < 1.29 is 22.0 Å². The van der Waals surface area contributed by atoms with Gasteiger partial charge < -0.3 is 4.90 Å². The van der Waals surface area contributed by atoms with Crippen LogP contribution in [0.15, 0.2) is 23.1 Å². The second kappa shape index (κ2) is 6.92. The number of carbonyl (C=O) groups is 1. The van der Waals surface area contributed by atoms with Crippen molar-refractivity contribution in [1.29, 1.82) is 0 Å². The van der Waals surface area contributed by atoms with E-state index in [2.05, 4.69) is 0 Å². The van der Waals surface area contributed by atoms with E-state index >= 15 is 0 Å². The van der Waals surface area contributed by atoms with Crippen LogP contribution in [0.3, 0.4) is 0 Å². The predicted octanol–water partition coefficient (Wildman–Crippen LogP) is 1.84. The van der Waals surface area contributed by atoms with E-state index in [1.54, 1.807) is 4.90 Å². The zero-order valence-corrected chi connectivity index (χ0v) is 13.9. The minimum atomic E-state index is -3.88. The van der Waals surface area contributed by atoms with Gasteiger partial charge in [0.1, 0.15) is 0 Å². The highest BCUT2D eigenvalue weighted by Gasteiger charge is 2.30. The van der Waals surface area contributed by atoms with E-state index in [9.17, 15) is 22.0 Å². The van der Waals surface area contributed by atoms with Gasteiger partial charge in [0.05, 0.1) is 4.90 Å². The van der Waals surface area contributed by atoms with Crippen molar-refractivity contribution in [1.82, 2.24) is 9.21 Å². The van der Waals surface area contributed by atoms with Crippen LogP contribution in [0.1, 0.15) is 20.3 Å². The Morgan fingerprint density at radius 2 is 1.74 bits per heavy atom. The average molecular weight is 346 g/mol. The zero-order chi connectivity index (χ0) is 17.2. The maximum absolute atomic E-state index is 13.3. The van der Waals surface area contributed by atoms with Crippen LogP contribution in [0, 0.1) is 17.6 Å². The summed E-state index contributed by atoms with van der Waals surface area (Å²) in [5, 5.41) is 0. The standard InChI is InChI=1S/C15H20F2N2O3S/c1-11(2)9-15(20)18-5-7-19(8-6-18)23(21,22)12-3-4-13(16)14(17)10-12/h3-4,10-11H,5-9H2,1-2H3. The van der Waals surface area contributed by atoms with Crippen LogP contribution in [0.5, 0.6) is 0 Å². The van der Waals surface area contributed by atoms with Crippen molar-refractivity contribution >= 4 is 15.9 Å². The van der Waals surface area contributed by atoms with Crippen LogP contribution in [-0.2, 0) is 14.8 Å². The van der Waals surface area contributed by atoms with Crippen LogP contribution in [0.25, 0.3) is 0 Å². The van der Waals surface area contributed by atoms with Gasteiger partial charge in [-0.25, -0.2) is 17.2 Å². The molecule has 1 fully saturated rings. The van der Waals surface area contributed by atoms with Crippen LogP contribution in [0.2, 0.25) is 0 Å². The highest BCUT2D eigenvalue weighted by Crippen LogP contribution is 2.20. The largest absolute Gasteiger partial charge is 0.340 e. The van der Waals surface area contributed by atoms with Gasteiger partial charge in [-0.05, 0) is 24.1 Å². The molecule has 5 nitrogen and oxygen atoms in total. The van der Waals surface area contributed by atoms with Gasteiger partial charge in [0.2, 0.25) is 15.9 Å². The molecule has 1 amide bonds. The summed E-state index contributed by atoms with van der Waals surface area (Å²) in [7, 11) is -3.88. The Balaban J connectivity index is 2.06. The van der Waals surface area contributed by atoms with Crippen molar-refractivity contribution in [3.63, 3.8) is 0 Å². The van der Waals surface area contributed by atoms with Gasteiger partial charge in [0, 0.05) is 32.6 Å². The molecule has 128 valence electrons. The van der Waals surface area contributed by atoms with Crippen molar-refractivity contribution in [3.05, 3.63) is 29.8 Å². The Morgan fingerprint density at radius 1 is 1.13 bits per heavy atom. The first-order valence-corrected chi connectivity index (χ1v) is 8.89. The summed E-state index contributed by atoms with van der Waals surface area (Å²) >= 11 is 0. The molecule has 1 aromatic rings. The fourth-order valence-corrected chi connectivity index (χ4v) is 3.88. The number of amides is 1. The van der Waals surface area contributed by atoms with Crippen LogP contribution in [-0.4, -0.2) is 49.7 Å². The van der Waals surface area contributed by atoms with E-state index < -0.39 is 21.7 Å². The third kappa shape index (κ3) is 4.06.